The van der Waals surface area contributed by atoms with E-state index in [1.54, 1.807) is 0 Å². The molecule has 1 heterocycles. The van der Waals surface area contributed by atoms with Gasteiger partial charge in [-0.2, -0.15) is 0 Å². The van der Waals surface area contributed by atoms with E-state index in [1.165, 1.54) is 0 Å². The number of carbonyl (C=O) groups excluding carboxylic acids is 2. The van der Waals surface area contributed by atoms with Gasteiger partial charge in [0.2, 0.25) is 3.79 Å². The molecule has 0 saturated carbocycles. The van der Waals surface area contributed by atoms with Crippen molar-refractivity contribution in [3.63, 3.8) is 0 Å². The van der Waals surface area contributed by atoms with Crippen LogP contribution in [0.5, 0.6) is 0 Å². The van der Waals surface area contributed by atoms with Gasteiger partial charge in [0.25, 0.3) is 11.1 Å². The highest BCUT2D eigenvalue weighted by atomic mass is 35.6. The normalized spacial score (nSPS) is 21.8. The number of alkyl halides is 3. The van der Waals surface area contributed by atoms with Crippen LogP contribution in [0.25, 0.3) is 0 Å². The van der Waals surface area contributed by atoms with Crippen LogP contribution in [-0.4, -0.2) is 14.9 Å². The highest BCUT2D eigenvalue weighted by Crippen LogP contribution is 2.33. The predicted molar refractivity (Wildman–Crippen MR) is 49.5 cm³/mol. The summed E-state index contributed by atoms with van der Waals surface area (Å²) in [6.45, 7) is 0. The third-order valence-corrected chi connectivity index (χ3v) is 2.07. The van der Waals surface area contributed by atoms with Gasteiger partial charge in [-0.25, -0.2) is 0 Å². The summed E-state index contributed by atoms with van der Waals surface area (Å²) < 4.78 is -1.65. The highest BCUT2D eigenvalue weighted by molar-refractivity contribution is 8.18. The van der Waals surface area contributed by atoms with Crippen molar-refractivity contribution < 1.29 is 9.59 Å². The fourth-order valence-corrected chi connectivity index (χ4v) is 1.81. The number of amides is 2. The first-order chi connectivity index (χ1) is 5.38. The SMILES string of the molecule is O=C1NC(=O)C(=CC(Cl)(Cl)Cl)S1. The van der Waals surface area contributed by atoms with E-state index >= 15 is 0 Å². The van der Waals surface area contributed by atoms with E-state index in [2.05, 4.69) is 0 Å². The number of halogens is 3. The van der Waals surface area contributed by atoms with Crippen LogP contribution >= 0.6 is 46.6 Å². The van der Waals surface area contributed by atoms with Crippen molar-refractivity contribution in [2.24, 2.45) is 0 Å². The molecule has 66 valence electrons. The van der Waals surface area contributed by atoms with Crippen LogP contribution in [-0.2, 0) is 4.79 Å². The Morgan fingerprint density at radius 2 is 1.92 bits per heavy atom. The van der Waals surface area contributed by atoms with Crippen LogP contribution < -0.4 is 5.32 Å². The zero-order chi connectivity index (χ0) is 9.35. The number of thioether (sulfide) groups is 1. The summed E-state index contributed by atoms with van der Waals surface area (Å²) in [6.07, 6.45) is 1.10. The van der Waals surface area contributed by atoms with E-state index in [1.807, 2.05) is 5.32 Å². The predicted octanol–water partition coefficient (Wildman–Crippen LogP) is 2.22. The van der Waals surface area contributed by atoms with Crippen molar-refractivity contribution in [1.82, 2.24) is 5.32 Å². The molecule has 0 atom stereocenters. The van der Waals surface area contributed by atoms with Gasteiger partial charge < -0.3 is 0 Å². The quantitative estimate of drug-likeness (QED) is 0.527. The Hall–Kier alpha value is 0.1000. The van der Waals surface area contributed by atoms with Crippen LogP contribution in [0.1, 0.15) is 0 Å². The summed E-state index contributed by atoms with van der Waals surface area (Å²) in [5, 5.41) is 1.57. The van der Waals surface area contributed by atoms with Gasteiger partial charge in [0.15, 0.2) is 0 Å². The van der Waals surface area contributed by atoms with Crippen LogP contribution in [0.15, 0.2) is 11.0 Å². The molecule has 1 saturated heterocycles. The number of carbonyl (C=O) groups is 2. The molecule has 0 unspecified atom stereocenters. The Morgan fingerprint density at radius 3 is 2.25 bits per heavy atom. The van der Waals surface area contributed by atoms with E-state index in [4.69, 9.17) is 34.8 Å². The summed E-state index contributed by atoms with van der Waals surface area (Å²) in [4.78, 5) is 21.6. The van der Waals surface area contributed by atoms with Gasteiger partial charge in [0.05, 0.1) is 4.91 Å². The molecule has 0 aliphatic carbocycles. The Bertz CT molecular complexity index is 270. The lowest BCUT2D eigenvalue weighted by Crippen LogP contribution is -2.18. The fraction of sp³-hybridized carbons (Fsp3) is 0.200. The molecule has 0 aromatic rings. The first-order valence-corrected chi connectivity index (χ1v) is 4.66. The van der Waals surface area contributed by atoms with Crippen LogP contribution in [0.4, 0.5) is 4.79 Å². The van der Waals surface area contributed by atoms with Gasteiger partial charge >= 0.3 is 0 Å². The van der Waals surface area contributed by atoms with Crippen molar-refractivity contribution in [3.8, 4) is 0 Å². The smallest absolute Gasteiger partial charge is 0.282 e. The number of rotatable bonds is 0. The fourth-order valence-electron chi connectivity index (χ4n) is 0.570. The maximum absolute atomic E-state index is 10.9. The summed E-state index contributed by atoms with van der Waals surface area (Å²) in [5.41, 5.74) is 0. The second-order valence-corrected chi connectivity index (χ2v) is 5.28. The van der Waals surface area contributed by atoms with Crippen molar-refractivity contribution in [2.75, 3.05) is 0 Å². The van der Waals surface area contributed by atoms with Crippen molar-refractivity contribution in [2.45, 2.75) is 3.79 Å². The lowest BCUT2D eigenvalue weighted by Gasteiger charge is -2.02. The average molecular weight is 247 g/mol. The van der Waals surface area contributed by atoms with E-state index in [-0.39, 0.29) is 4.91 Å². The second-order valence-electron chi connectivity index (χ2n) is 1.89. The van der Waals surface area contributed by atoms with Gasteiger partial charge in [0, 0.05) is 0 Å². The molecule has 0 spiro atoms. The molecular weight excluding hydrogens is 244 g/mol. The maximum Gasteiger partial charge on any atom is 0.290 e. The molecule has 1 fully saturated rings. The zero-order valence-corrected chi connectivity index (χ0v) is 8.52. The summed E-state index contributed by atoms with van der Waals surface area (Å²) in [6, 6.07) is 0. The Morgan fingerprint density at radius 1 is 1.33 bits per heavy atom. The zero-order valence-electron chi connectivity index (χ0n) is 5.44. The van der Waals surface area contributed by atoms with E-state index in [9.17, 15) is 9.59 Å². The molecule has 1 aliphatic heterocycles. The number of imide groups is 1. The Balaban J connectivity index is 2.84. The molecule has 0 bridgehead atoms. The molecule has 12 heavy (non-hydrogen) atoms. The molecule has 1 N–H and O–H groups in total. The molecule has 0 aromatic carbocycles. The van der Waals surface area contributed by atoms with Crippen LogP contribution in [0.3, 0.4) is 0 Å². The minimum Gasteiger partial charge on any atom is -0.282 e. The van der Waals surface area contributed by atoms with E-state index in [0.717, 1.165) is 6.08 Å². The monoisotopic (exact) mass is 245 g/mol. The minimum absolute atomic E-state index is 0.111. The number of hydrogen-bond acceptors (Lipinski definition) is 3. The standard InChI is InChI=1S/C5H2Cl3NO2S/c6-5(7,8)1-2-3(10)9-4(11)12-2/h1H,(H,9,10,11). The minimum atomic E-state index is -1.65. The molecule has 3 nitrogen and oxygen atoms in total. The molecule has 2 amide bonds. The molecule has 7 heteroatoms. The molecular formula is C5H2Cl3NO2S. The van der Waals surface area contributed by atoms with Crippen molar-refractivity contribution in [3.05, 3.63) is 11.0 Å². The van der Waals surface area contributed by atoms with Gasteiger partial charge in [-0.3, -0.25) is 14.9 Å². The van der Waals surface area contributed by atoms with Crippen molar-refractivity contribution >= 4 is 57.7 Å². The summed E-state index contributed by atoms with van der Waals surface area (Å²) in [5.74, 6) is -0.531. The lowest BCUT2D eigenvalue weighted by atomic mass is 10.5. The Kier molecular flexibility index (Phi) is 2.93. The van der Waals surface area contributed by atoms with E-state index in [0.29, 0.717) is 11.8 Å². The average Bonchev–Trinajstić information content (AvgIpc) is 2.06. The molecule has 1 aliphatic rings. The molecule has 0 aromatic heterocycles. The van der Waals surface area contributed by atoms with Crippen LogP contribution in [0.2, 0.25) is 0 Å². The largest absolute Gasteiger partial charge is 0.290 e. The topological polar surface area (TPSA) is 46.2 Å². The van der Waals surface area contributed by atoms with Gasteiger partial charge in [-0.05, 0) is 17.8 Å². The number of hydrogen-bond donors (Lipinski definition) is 1. The number of nitrogens with one attached hydrogen (secondary N) is 1. The maximum atomic E-state index is 10.9. The second kappa shape index (κ2) is 3.46. The Labute approximate surface area is 87.4 Å². The van der Waals surface area contributed by atoms with Crippen LogP contribution in [0, 0.1) is 0 Å². The summed E-state index contributed by atoms with van der Waals surface area (Å²) in [7, 11) is 0. The molecule has 0 radical (unpaired) electrons. The third-order valence-electron chi connectivity index (χ3n) is 0.937. The van der Waals surface area contributed by atoms with Gasteiger partial charge in [-0.15, -0.1) is 0 Å². The first kappa shape index (κ1) is 10.2. The highest BCUT2D eigenvalue weighted by Gasteiger charge is 2.29. The molecule has 1 rings (SSSR count). The van der Waals surface area contributed by atoms with Gasteiger partial charge in [-0.1, -0.05) is 34.8 Å². The number of allylic oxidation sites excluding steroid dienone is 1. The van der Waals surface area contributed by atoms with Crippen molar-refractivity contribution in [1.29, 1.82) is 0 Å². The van der Waals surface area contributed by atoms with E-state index < -0.39 is 14.9 Å². The first-order valence-electron chi connectivity index (χ1n) is 2.71. The lowest BCUT2D eigenvalue weighted by molar-refractivity contribution is -0.115. The third kappa shape index (κ3) is 2.86. The van der Waals surface area contributed by atoms with Gasteiger partial charge in [0.1, 0.15) is 0 Å². The summed E-state index contributed by atoms with van der Waals surface area (Å²) >= 11 is 16.8.